The summed E-state index contributed by atoms with van der Waals surface area (Å²) in [4.78, 5) is 10.8. The van der Waals surface area contributed by atoms with Crippen LogP contribution in [0.1, 0.15) is 33.1 Å². The van der Waals surface area contributed by atoms with Crippen molar-refractivity contribution in [2.75, 3.05) is 5.75 Å². The highest BCUT2D eigenvalue weighted by Crippen LogP contribution is 2.14. The fourth-order valence-corrected chi connectivity index (χ4v) is 1.68. The minimum atomic E-state index is -1.11. The van der Waals surface area contributed by atoms with Gasteiger partial charge in [-0.15, -0.1) is 0 Å². The third-order valence-electron chi connectivity index (χ3n) is 1.56. The zero-order chi connectivity index (χ0) is 10.3. The Morgan fingerprint density at radius 1 is 1.46 bits per heavy atom. The fraction of sp³-hybridized carbons (Fsp3) is 0.889. The van der Waals surface area contributed by atoms with Gasteiger partial charge in [0.2, 0.25) is 0 Å². The third-order valence-corrected chi connectivity index (χ3v) is 2.61. The lowest BCUT2D eigenvalue weighted by molar-refractivity contribution is -0.110. The molecular formula is C9H16F2OS. The van der Waals surface area contributed by atoms with Gasteiger partial charge in [-0.1, -0.05) is 18.7 Å². The Morgan fingerprint density at radius 2 is 2.08 bits per heavy atom. The molecule has 0 aliphatic rings. The minimum absolute atomic E-state index is 0.0547. The van der Waals surface area contributed by atoms with E-state index in [2.05, 4.69) is 0 Å². The highest BCUT2D eigenvalue weighted by molar-refractivity contribution is 8.13. The van der Waals surface area contributed by atoms with Crippen LogP contribution in [0.5, 0.6) is 0 Å². The van der Waals surface area contributed by atoms with E-state index in [-0.39, 0.29) is 18.0 Å². The van der Waals surface area contributed by atoms with Crippen molar-refractivity contribution in [1.29, 1.82) is 0 Å². The fourth-order valence-electron chi connectivity index (χ4n) is 0.873. The summed E-state index contributed by atoms with van der Waals surface area (Å²) < 4.78 is 25.1. The number of carbonyl (C=O) groups is 1. The second kappa shape index (κ2) is 7.30. The van der Waals surface area contributed by atoms with E-state index in [1.54, 1.807) is 6.92 Å². The van der Waals surface area contributed by atoms with Gasteiger partial charge in [-0.3, -0.25) is 4.79 Å². The van der Waals surface area contributed by atoms with E-state index in [0.717, 1.165) is 11.8 Å². The summed E-state index contributed by atoms with van der Waals surface area (Å²) >= 11 is 1.13. The van der Waals surface area contributed by atoms with Crippen molar-refractivity contribution < 1.29 is 13.6 Å². The van der Waals surface area contributed by atoms with E-state index in [1.165, 1.54) is 6.92 Å². The summed E-state index contributed by atoms with van der Waals surface area (Å²) in [5.41, 5.74) is 0. The SMILES string of the molecule is CCC(=O)SCCC(F)CC(C)F. The highest BCUT2D eigenvalue weighted by Gasteiger charge is 2.11. The number of carbonyl (C=O) groups excluding carboxylic acids is 1. The van der Waals surface area contributed by atoms with Crippen molar-refractivity contribution in [3.8, 4) is 0 Å². The Labute approximate surface area is 82.3 Å². The van der Waals surface area contributed by atoms with Crippen LogP contribution in [-0.4, -0.2) is 23.2 Å². The van der Waals surface area contributed by atoms with Gasteiger partial charge in [0.1, 0.15) is 12.3 Å². The topological polar surface area (TPSA) is 17.1 Å². The quantitative estimate of drug-likeness (QED) is 0.670. The minimum Gasteiger partial charge on any atom is -0.287 e. The molecule has 0 heterocycles. The Balaban J connectivity index is 3.36. The first-order valence-electron chi connectivity index (χ1n) is 4.50. The molecule has 4 heteroatoms. The molecule has 0 bridgehead atoms. The van der Waals surface area contributed by atoms with Crippen LogP contribution in [0.2, 0.25) is 0 Å². The van der Waals surface area contributed by atoms with Gasteiger partial charge in [0.15, 0.2) is 5.12 Å². The maximum Gasteiger partial charge on any atom is 0.188 e. The number of rotatable bonds is 6. The zero-order valence-corrected chi connectivity index (χ0v) is 8.87. The molecule has 2 atom stereocenters. The number of hydrogen-bond donors (Lipinski definition) is 0. The second-order valence-electron chi connectivity index (χ2n) is 2.98. The molecule has 0 aliphatic carbocycles. The van der Waals surface area contributed by atoms with Gasteiger partial charge in [0.25, 0.3) is 0 Å². The summed E-state index contributed by atoms with van der Waals surface area (Å²) in [6, 6.07) is 0. The Bertz CT molecular complexity index is 151. The lowest BCUT2D eigenvalue weighted by Crippen LogP contribution is -2.08. The van der Waals surface area contributed by atoms with E-state index in [1.807, 2.05) is 0 Å². The maximum absolute atomic E-state index is 12.8. The standard InChI is InChI=1S/C9H16F2OS/c1-3-9(12)13-5-4-8(11)6-7(2)10/h7-8H,3-6H2,1-2H3. The molecule has 78 valence electrons. The molecule has 13 heavy (non-hydrogen) atoms. The van der Waals surface area contributed by atoms with E-state index in [9.17, 15) is 13.6 Å². The molecule has 0 aliphatic heterocycles. The monoisotopic (exact) mass is 210 g/mol. The Kier molecular flexibility index (Phi) is 7.23. The molecule has 0 aromatic carbocycles. The van der Waals surface area contributed by atoms with Crippen molar-refractivity contribution in [3.63, 3.8) is 0 Å². The molecule has 0 rings (SSSR count). The molecule has 0 spiro atoms. The van der Waals surface area contributed by atoms with Crippen LogP contribution >= 0.6 is 11.8 Å². The van der Waals surface area contributed by atoms with Crippen LogP contribution in [0.15, 0.2) is 0 Å². The molecule has 0 amide bonds. The lowest BCUT2D eigenvalue weighted by Gasteiger charge is -2.07. The van der Waals surface area contributed by atoms with Gasteiger partial charge >= 0.3 is 0 Å². The second-order valence-corrected chi connectivity index (χ2v) is 4.13. The molecule has 0 saturated heterocycles. The van der Waals surface area contributed by atoms with E-state index >= 15 is 0 Å². The first kappa shape index (κ1) is 12.9. The molecule has 0 radical (unpaired) electrons. The summed E-state index contributed by atoms with van der Waals surface area (Å²) in [7, 11) is 0. The number of thioether (sulfide) groups is 1. The smallest absolute Gasteiger partial charge is 0.188 e. The van der Waals surface area contributed by atoms with Gasteiger partial charge in [-0.25, -0.2) is 8.78 Å². The number of alkyl halides is 2. The van der Waals surface area contributed by atoms with Crippen LogP contribution in [0.25, 0.3) is 0 Å². The van der Waals surface area contributed by atoms with E-state index < -0.39 is 12.3 Å². The van der Waals surface area contributed by atoms with Gasteiger partial charge in [-0.2, -0.15) is 0 Å². The van der Waals surface area contributed by atoms with Crippen molar-refractivity contribution >= 4 is 16.9 Å². The van der Waals surface area contributed by atoms with Crippen LogP contribution in [-0.2, 0) is 4.79 Å². The van der Waals surface area contributed by atoms with Crippen molar-refractivity contribution in [3.05, 3.63) is 0 Å². The average Bonchev–Trinajstić information content (AvgIpc) is 2.02. The van der Waals surface area contributed by atoms with Crippen LogP contribution < -0.4 is 0 Å². The third kappa shape index (κ3) is 8.22. The molecular weight excluding hydrogens is 194 g/mol. The predicted molar refractivity (Wildman–Crippen MR) is 52.5 cm³/mol. The highest BCUT2D eigenvalue weighted by atomic mass is 32.2. The molecule has 0 fully saturated rings. The van der Waals surface area contributed by atoms with Crippen LogP contribution in [0.4, 0.5) is 8.78 Å². The van der Waals surface area contributed by atoms with Gasteiger partial charge < -0.3 is 0 Å². The Morgan fingerprint density at radius 3 is 2.54 bits per heavy atom. The lowest BCUT2D eigenvalue weighted by atomic mass is 10.2. The Hall–Kier alpha value is -0.120. The molecule has 0 aromatic heterocycles. The summed E-state index contributed by atoms with van der Waals surface area (Å²) in [5.74, 6) is 0.459. The van der Waals surface area contributed by atoms with Gasteiger partial charge in [-0.05, 0) is 13.3 Å². The van der Waals surface area contributed by atoms with E-state index in [0.29, 0.717) is 12.2 Å². The summed E-state index contributed by atoms with van der Waals surface area (Å²) in [6.07, 6.45) is -1.52. The van der Waals surface area contributed by atoms with Crippen LogP contribution in [0.3, 0.4) is 0 Å². The summed E-state index contributed by atoms with van der Waals surface area (Å²) in [6.45, 7) is 3.11. The molecule has 1 nitrogen and oxygen atoms in total. The normalized spacial score (nSPS) is 15.4. The largest absolute Gasteiger partial charge is 0.287 e. The maximum atomic E-state index is 12.8. The summed E-state index contributed by atoms with van der Waals surface area (Å²) in [5, 5.41) is 0.0699. The number of halogens is 2. The first-order chi connectivity index (χ1) is 6.06. The van der Waals surface area contributed by atoms with E-state index in [4.69, 9.17) is 0 Å². The van der Waals surface area contributed by atoms with Crippen LogP contribution in [0, 0.1) is 0 Å². The average molecular weight is 210 g/mol. The van der Waals surface area contributed by atoms with Gasteiger partial charge in [0, 0.05) is 18.6 Å². The molecule has 0 aromatic rings. The zero-order valence-electron chi connectivity index (χ0n) is 8.06. The predicted octanol–water partition coefficient (Wildman–Crippen LogP) is 3.13. The molecule has 0 saturated carbocycles. The molecule has 2 unspecified atom stereocenters. The number of hydrogen-bond acceptors (Lipinski definition) is 2. The van der Waals surface area contributed by atoms with Gasteiger partial charge in [0.05, 0.1) is 0 Å². The van der Waals surface area contributed by atoms with Crippen molar-refractivity contribution in [2.45, 2.75) is 45.5 Å². The van der Waals surface area contributed by atoms with Crippen molar-refractivity contribution in [2.24, 2.45) is 0 Å². The molecule has 0 N–H and O–H groups in total. The first-order valence-corrected chi connectivity index (χ1v) is 5.48. The van der Waals surface area contributed by atoms with Crippen molar-refractivity contribution in [1.82, 2.24) is 0 Å².